The quantitative estimate of drug-likeness (QED) is 0.777. The number of aryl methyl sites for hydroxylation is 1. The van der Waals surface area contributed by atoms with E-state index in [1.54, 1.807) is 4.90 Å². The number of hydrogen-bond acceptors (Lipinski definition) is 3. The number of nitrogens with zero attached hydrogens (tertiary/aromatic N) is 2. The summed E-state index contributed by atoms with van der Waals surface area (Å²) in [5.74, 6) is -1.70. The Morgan fingerprint density at radius 1 is 1.16 bits per heavy atom. The summed E-state index contributed by atoms with van der Waals surface area (Å²) in [5.41, 5.74) is 1.69. The Morgan fingerprint density at radius 3 is 2.48 bits per heavy atom. The number of fused-ring (bicyclic) bond motifs is 1. The average molecular weight is 356 g/mol. The summed E-state index contributed by atoms with van der Waals surface area (Å²) < 4.78 is 43.1. The fourth-order valence-corrected chi connectivity index (χ4v) is 3.29. The molecule has 0 N–H and O–H groups in total. The highest BCUT2D eigenvalue weighted by Crippen LogP contribution is 2.34. The highest BCUT2D eigenvalue weighted by Gasteiger charge is 2.44. The first-order valence-corrected chi connectivity index (χ1v) is 8.18. The molecule has 0 bridgehead atoms. The molecule has 0 spiro atoms. The van der Waals surface area contributed by atoms with Crippen molar-refractivity contribution in [3.8, 4) is 5.75 Å². The molecule has 0 saturated carbocycles. The van der Waals surface area contributed by atoms with Gasteiger partial charge in [-0.2, -0.15) is 13.2 Å². The van der Waals surface area contributed by atoms with E-state index in [9.17, 15) is 22.8 Å². The van der Waals surface area contributed by atoms with E-state index in [0.717, 1.165) is 10.5 Å². The van der Waals surface area contributed by atoms with Crippen LogP contribution in [0, 0.1) is 12.8 Å². The monoisotopic (exact) mass is 356 g/mol. The third kappa shape index (κ3) is 3.57. The zero-order valence-corrected chi connectivity index (χ0v) is 13.8. The number of carbonyl (C=O) groups is 2. The minimum Gasteiger partial charge on any atom is -0.490 e. The topological polar surface area (TPSA) is 49.9 Å². The molecule has 1 aromatic rings. The largest absolute Gasteiger partial charge is 0.490 e. The van der Waals surface area contributed by atoms with E-state index in [1.807, 2.05) is 25.1 Å². The van der Waals surface area contributed by atoms with Crippen LogP contribution in [0.25, 0.3) is 0 Å². The summed E-state index contributed by atoms with van der Waals surface area (Å²) in [6, 6.07) is 5.58. The Hall–Kier alpha value is -2.25. The number of rotatable bonds is 1. The van der Waals surface area contributed by atoms with Crippen molar-refractivity contribution in [3.05, 3.63) is 23.8 Å². The van der Waals surface area contributed by atoms with Crippen LogP contribution in [0.2, 0.25) is 0 Å². The van der Waals surface area contributed by atoms with Crippen LogP contribution in [0.4, 0.5) is 18.9 Å². The number of amides is 2. The van der Waals surface area contributed by atoms with Gasteiger partial charge in [-0.25, -0.2) is 0 Å². The molecule has 3 rings (SSSR count). The highest BCUT2D eigenvalue weighted by atomic mass is 19.4. The molecule has 2 amide bonds. The van der Waals surface area contributed by atoms with Gasteiger partial charge in [0, 0.05) is 19.0 Å². The zero-order valence-electron chi connectivity index (χ0n) is 13.8. The predicted molar refractivity (Wildman–Crippen MR) is 84.4 cm³/mol. The molecule has 0 radical (unpaired) electrons. The lowest BCUT2D eigenvalue weighted by atomic mass is 9.94. The Labute approximate surface area is 143 Å². The second kappa shape index (κ2) is 6.57. The molecule has 0 aliphatic carbocycles. The van der Waals surface area contributed by atoms with Crippen molar-refractivity contribution in [1.82, 2.24) is 4.90 Å². The molecular weight excluding hydrogens is 337 g/mol. The summed E-state index contributed by atoms with van der Waals surface area (Å²) in [6.07, 6.45) is -4.39. The van der Waals surface area contributed by atoms with Crippen LogP contribution in [0.1, 0.15) is 18.4 Å². The predicted octanol–water partition coefficient (Wildman–Crippen LogP) is 2.52. The Bertz CT molecular complexity index is 682. The highest BCUT2D eigenvalue weighted by molar-refractivity contribution is 5.97. The summed E-state index contributed by atoms with van der Waals surface area (Å²) in [7, 11) is 0. The lowest BCUT2D eigenvalue weighted by molar-refractivity contribution is -0.186. The fourth-order valence-electron chi connectivity index (χ4n) is 3.29. The molecule has 8 heteroatoms. The van der Waals surface area contributed by atoms with E-state index in [-0.39, 0.29) is 37.8 Å². The van der Waals surface area contributed by atoms with Gasteiger partial charge in [-0.3, -0.25) is 9.59 Å². The number of alkyl halides is 3. The maximum absolute atomic E-state index is 12.8. The fraction of sp³-hybridized carbons (Fsp3) is 0.529. The zero-order chi connectivity index (χ0) is 18.2. The normalized spacial score (nSPS) is 18.6. The number of piperidine rings is 1. The number of carbonyl (C=O) groups excluding carboxylic acids is 2. The van der Waals surface area contributed by atoms with Gasteiger partial charge < -0.3 is 14.5 Å². The first-order valence-electron chi connectivity index (χ1n) is 8.18. The molecule has 0 unspecified atom stereocenters. The van der Waals surface area contributed by atoms with Crippen LogP contribution in [0.3, 0.4) is 0 Å². The molecule has 136 valence electrons. The summed E-state index contributed by atoms with van der Waals surface area (Å²) in [4.78, 5) is 26.6. The van der Waals surface area contributed by atoms with E-state index in [2.05, 4.69) is 0 Å². The number of benzene rings is 1. The number of hydrogen-bond donors (Lipinski definition) is 0. The van der Waals surface area contributed by atoms with Crippen LogP contribution >= 0.6 is 0 Å². The lowest BCUT2D eigenvalue weighted by Crippen LogP contribution is -2.49. The number of likely N-dealkylation sites (tertiary alicyclic amines) is 1. The van der Waals surface area contributed by atoms with Crippen molar-refractivity contribution in [2.75, 3.05) is 31.1 Å². The number of halogens is 3. The molecule has 1 aromatic carbocycles. The number of anilines is 1. The van der Waals surface area contributed by atoms with Crippen LogP contribution in [0.15, 0.2) is 18.2 Å². The van der Waals surface area contributed by atoms with Gasteiger partial charge in [0.2, 0.25) is 5.91 Å². The first kappa shape index (κ1) is 17.6. The van der Waals surface area contributed by atoms with Crippen molar-refractivity contribution >= 4 is 17.5 Å². The van der Waals surface area contributed by atoms with Crippen molar-refractivity contribution in [2.45, 2.75) is 25.9 Å². The van der Waals surface area contributed by atoms with Gasteiger partial charge in [0.05, 0.1) is 12.2 Å². The molecule has 0 aromatic heterocycles. The first-order chi connectivity index (χ1) is 11.8. The van der Waals surface area contributed by atoms with Crippen LogP contribution in [0.5, 0.6) is 5.75 Å². The van der Waals surface area contributed by atoms with E-state index in [0.29, 0.717) is 24.6 Å². The van der Waals surface area contributed by atoms with Crippen molar-refractivity contribution < 1.29 is 27.5 Å². The lowest BCUT2D eigenvalue weighted by Gasteiger charge is -2.36. The molecule has 25 heavy (non-hydrogen) atoms. The van der Waals surface area contributed by atoms with Crippen LogP contribution in [-0.2, 0) is 9.59 Å². The molecular formula is C17H19F3N2O3. The summed E-state index contributed by atoms with van der Waals surface area (Å²) in [6.45, 7) is 2.60. The van der Waals surface area contributed by atoms with Crippen LogP contribution in [-0.4, -0.2) is 49.1 Å². The van der Waals surface area contributed by atoms with Gasteiger partial charge >= 0.3 is 12.1 Å². The van der Waals surface area contributed by atoms with Gasteiger partial charge in [-0.1, -0.05) is 6.07 Å². The van der Waals surface area contributed by atoms with Gasteiger partial charge in [0.1, 0.15) is 12.4 Å². The molecule has 1 fully saturated rings. The van der Waals surface area contributed by atoms with Crippen molar-refractivity contribution in [3.63, 3.8) is 0 Å². The van der Waals surface area contributed by atoms with Gasteiger partial charge in [-0.05, 0) is 37.5 Å². The van der Waals surface area contributed by atoms with Crippen molar-refractivity contribution in [1.29, 1.82) is 0 Å². The third-order valence-corrected chi connectivity index (χ3v) is 4.62. The molecule has 2 heterocycles. The molecule has 2 aliphatic rings. The maximum atomic E-state index is 12.8. The van der Waals surface area contributed by atoms with Gasteiger partial charge in [0.25, 0.3) is 0 Å². The standard InChI is InChI=1S/C17H19F3N2O3/c1-11-2-3-14-13(10-11)22(8-9-25-14)15(23)12-4-6-21(7-5-12)16(24)17(18,19)20/h2-3,10,12H,4-9H2,1H3. The summed E-state index contributed by atoms with van der Waals surface area (Å²) in [5, 5.41) is 0. The Balaban J connectivity index is 1.68. The SMILES string of the molecule is Cc1ccc2c(c1)N(C(=O)C1CCN(C(=O)C(F)(F)F)CC1)CCO2. The van der Waals surface area contributed by atoms with E-state index in [1.165, 1.54) is 0 Å². The Morgan fingerprint density at radius 2 is 1.84 bits per heavy atom. The van der Waals surface area contributed by atoms with Crippen LogP contribution < -0.4 is 9.64 Å². The average Bonchev–Trinajstić information content (AvgIpc) is 2.59. The summed E-state index contributed by atoms with van der Waals surface area (Å²) >= 11 is 0. The Kier molecular flexibility index (Phi) is 4.62. The molecule has 5 nitrogen and oxygen atoms in total. The second-order valence-electron chi connectivity index (χ2n) is 6.37. The maximum Gasteiger partial charge on any atom is 0.471 e. The smallest absolute Gasteiger partial charge is 0.471 e. The minimum atomic E-state index is -4.86. The van der Waals surface area contributed by atoms with Gasteiger partial charge in [-0.15, -0.1) is 0 Å². The van der Waals surface area contributed by atoms with Gasteiger partial charge in [0.15, 0.2) is 0 Å². The van der Waals surface area contributed by atoms with Crippen molar-refractivity contribution in [2.24, 2.45) is 5.92 Å². The van der Waals surface area contributed by atoms with E-state index in [4.69, 9.17) is 4.74 Å². The van der Waals surface area contributed by atoms with E-state index < -0.39 is 12.1 Å². The minimum absolute atomic E-state index is 0.0558. The molecule has 0 atom stereocenters. The molecule has 1 saturated heterocycles. The second-order valence-corrected chi connectivity index (χ2v) is 6.37. The van der Waals surface area contributed by atoms with E-state index >= 15 is 0 Å². The molecule has 2 aliphatic heterocycles. The third-order valence-electron chi connectivity index (χ3n) is 4.62. The number of ether oxygens (including phenoxy) is 1.